The summed E-state index contributed by atoms with van der Waals surface area (Å²) in [6.07, 6.45) is 0.811. The average Bonchev–Trinajstić information content (AvgIpc) is 2.93. The van der Waals surface area contributed by atoms with Crippen LogP contribution in [0.1, 0.15) is 28.6 Å². The highest BCUT2D eigenvalue weighted by Crippen LogP contribution is 2.35. The van der Waals surface area contributed by atoms with Gasteiger partial charge in [0, 0.05) is 13.1 Å². The van der Waals surface area contributed by atoms with Crippen LogP contribution in [0.3, 0.4) is 0 Å². The van der Waals surface area contributed by atoms with Gasteiger partial charge in [-0.3, -0.25) is 9.89 Å². The maximum atomic E-state index is 13.1. The minimum Gasteiger partial charge on any atom is -0.333 e. The molecule has 1 aromatic heterocycles. The molecule has 2 aliphatic rings. The number of benzene rings is 1. The molecule has 8 heteroatoms. The fourth-order valence-corrected chi connectivity index (χ4v) is 5.61. The number of nitrogens with zero attached hydrogens (tertiary/aromatic N) is 3. The monoisotopic (exact) mass is 360 g/mol. The van der Waals surface area contributed by atoms with Gasteiger partial charge in [-0.15, -0.1) is 0 Å². The zero-order valence-corrected chi connectivity index (χ0v) is 15.0. The second-order valence-corrected chi connectivity index (χ2v) is 8.49. The topological polar surface area (TPSA) is 86.4 Å². The Labute approximate surface area is 146 Å². The summed E-state index contributed by atoms with van der Waals surface area (Å²) in [4.78, 5) is 14.6. The third-order valence-corrected chi connectivity index (χ3v) is 7.15. The van der Waals surface area contributed by atoms with Crippen molar-refractivity contribution in [3.05, 3.63) is 46.8 Å². The van der Waals surface area contributed by atoms with Crippen LogP contribution in [-0.2, 0) is 21.2 Å². The first kappa shape index (κ1) is 16.3. The summed E-state index contributed by atoms with van der Waals surface area (Å²) in [6.45, 7) is 4.13. The van der Waals surface area contributed by atoms with E-state index in [2.05, 4.69) is 16.3 Å². The van der Waals surface area contributed by atoms with Crippen LogP contribution in [0.5, 0.6) is 0 Å². The number of fused-ring (bicyclic) bond motifs is 3. The Bertz CT molecular complexity index is 931. The number of amides is 1. The fraction of sp³-hybridized carbons (Fsp3) is 0.412. The zero-order valence-electron chi connectivity index (χ0n) is 14.2. The third kappa shape index (κ3) is 2.47. The van der Waals surface area contributed by atoms with Gasteiger partial charge in [0.15, 0.2) is 0 Å². The highest BCUT2D eigenvalue weighted by molar-refractivity contribution is 7.89. The molecule has 1 amide bonds. The van der Waals surface area contributed by atoms with E-state index < -0.39 is 10.0 Å². The summed E-state index contributed by atoms with van der Waals surface area (Å²) in [5.41, 5.74) is 3.15. The van der Waals surface area contributed by atoms with E-state index >= 15 is 0 Å². The van der Waals surface area contributed by atoms with E-state index in [1.165, 1.54) is 9.87 Å². The molecule has 25 heavy (non-hydrogen) atoms. The highest BCUT2D eigenvalue weighted by Gasteiger charge is 2.42. The molecule has 7 nitrogen and oxygen atoms in total. The molecular weight excluding hydrogens is 340 g/mol. The van der Waals surface area contributed by atoms with Gasteiger partial charge in [0.2, 0.25) is 15.9 Å². The first-order chi connectivity index (χ1) is 11.9. The molecule has 0 aliphatic carbocycles. The van der Waals surface area contributed by atoms with Crippen molar-refractivity contribution in [3.63, 3.8) is 0 Å². The van der Waals surface area contributed by atoms with Crippen LogP contribution in [0.4, 0.5) is 0 Å². The zero-order chi connectivity index (χ0) is 17.8. The fourth-order valence-electron chi connectivity index (χ4n) is 3.88. The van der Waals surface area contributed by atoms with Gasteiger partial charge in [0.05, 0.1) is 24.0 Å². The Balaban J connectivity index is 1.74. The van der Waals surface area contributed by atoms with Gasteiger partial charge >= 0.3 is 0 Å². The second kappa shape index (κ2) is 5.67. The molecule has 1 unspecified atom stereocenters. The van der Waals surface area contributed by atoms with Crippen molar-refractivity contribution < 1.29 is 13.2 Å². The maximum Gasteiger partial charge on any atom is 0.247 e. The quantitative estimate of drug-likeness (QED) is 0.871. The molecule has 0 saturated carbocycles. The lowest BCUT2D eigenvalue weighted by molar-refractivity contribution is -0.138. The SMILES string of the molecule is Cc1n[nH]c(C)c1S(=O)(=O)N1CC(=O)N2CCc3ccccc3C2C1. The first-order valence-corrected chi connectivity index (χ1v) is 9.72. The van der Waals surface area contributed by atoms with Crippen LogP contribution in [0.25, 0.3) is 0 Å². The smallest absolute Gasteiger partial charge is 0.247 e. The Kier molecular flexibility index (Phi) is 3.69. The lowest BCUT2D eigenvalue weighted by Gasteiger charge is -2.44. The molecule has 4 rings (SSSR count). The van der Waals surface area contributed by atoms with E-state index in [1.807, 2.05) is 23.1 Å². The molecule has 0 radical (unpaired) electrons. The normalized spacial score (nSPS) is 21.1. The summed E-state index contributed by atoms with van der Waals surface area (Å²) >= 11 is 0. The summed E-state index contributed by atoms with van der Waals surface area (Å²) < 4.78 is 27.5. The summed E-state index contributed by atoms with van der Waals surface area (Å²) in [5, 5.41) is 6.70. The summed E-state index contributed by atoms with van der Waals surface area (Å²) in [5.74, 6) is -0.145. The van der Waals surface area contributed by atoms with Crippen molar-refractivity contribution in [1.82, 2.24) is 19.4 Å². The number of hydrogen-bond acceptors (Lipinski definition) is 4. The second-order valence-electron chi connectivity index (χ2n) is 6.61. The number of aryl methyl sites for hydroxylation is 2. The third-order valence-electron chi connectivity index (χ3n) is 5.08. The van der Waals surface area contributed by atoms with Gasteiger partial charge in [0.25, 0.3) is 0 Å². The van der Waals surface area contributed by atoms with Crippen molar-refractivity contribution in [1.29, 1.82) is 0 Å². The van der Waals surface area contributed by atoms with Crippen molar-refractivity contribution in [2.45, 2.75) is 31.2 Å². The van der Waals surface area contributed by atoms with E-state index in [0.29, 0.717) is 17.9 Å². The summed E-state index contributed by atoms with van der Waals surface area (Å²) in [6, 6.07) is 7.73. The van der Waals surface area contributed by atoms with Crippen LogP contribution in [-0.4, -0.2) is 53.4 Å². The van der Waals surface area contributed by atoms with E-state index in [0.717, 1.165) is 12.0 Å². The van der Waals surface area contributed by atoms with Gasteiger partial charge in [-0.1, -0.05) is 24.3 Å². The number of aromatic amines is 1. The molecule has 132 valence electrons. The maximum absolute atomic E-state index is 13.1. The Morgan fingerprint density at radius 1 is 1.24 bits per heavy atom. The molecular formula is C17H20N4O3S. The summed E-state index contributed by atoms with van der Waals surface area (Å²) in [7, 11) is -3.77. The Hall–Kier alpha value is -2.19. The van der Waals surface area contributed by atoms with Crippen molar-refractivity contribution in [2.24, 2.45) is 0 Å². The van der Waals surface area contributed by atoms with Crippen molar-refractivity contribution >= 4 is 15.9 Å². The van der Waals surface area contributed by atoms with Crippen LogP contribution in [0.2, 0.25) is 0 Å². The van der Waals surface area contributed by atoms with Gasteiger partial charge in [-0.2, -0.15) is 9.40 Å². The minimum absolute atomic E-state index is 0.120. The predicted octanol–water partition coefficient (Wildman–Crippen LogP) is 1.16. The molecule has 1 saturated heterocycles. The Morgan fingerprint density at radius 3 is 2.72 bits per heavy atom. The molecule has 0 spiro atoms. The number of nitrogens with one attached hydrogen (secondary N) is 1. The lowest BCUT2D eigenvalue weighted by atomic mass is 9.91. The van der Waals surface area contributed by atoms with E-state index in [4.69, 9.17) is 0 Å². The molecule has 1 atom stereocenters. The largest absolute Gasteiger partial charge is 0.333 e. The van der Waals surface area contributed by atoms with Gasteiger partial charge in [-0.05, 0) is 31.4 Å². The van der Waals surface area contributed by atoms with Gasteiger partial charge in [0.1, 0.15) is 4.90 Å². The molecule has 3 heterocycles. The molecule has 1 fully saturated rings. The van der Waals surface area contributed by atoms with E-state index in [1.54, 1.807) is 13.8 Å². The average molecular weight is 360 g/mol. The molecule has 2 aliphatic heterocycles. The van der Waals surface area contributed by atoms with Crippen molar-refractivity contribution in [3.8, 4) is 0 Å². The molecule has 1 aromatic carbocycles. The van der Waals surface area contributed by atoms with E-state index in [-0.39, 0.29) is 29.9 Å². The van der Waals surface area contributed by atoms with Crippen LogP contribution < -0.4 is 0 Å². The number of hydrogen-bond donors (Lipinski definition) is 1. The highest BCUT2D eigenvalue weighted by atomic mass is 32.2. The minimum atomic E-state index is -3.77. The predicted molar refractivity (Wildman–Crippen MR) is 91.4 cm³/mol. The number of H-pyrrole nitrogens is 1. The van der Waals surface area contributed by atoms with Crippen LogP contribution in [0, 0.1) is 13.8 Å². The number of piperazine rings is 1. The number of carbonyl (C=O) groups excluding carboxylic acids is 1. The van der Waals surface area contributed by atoms with Gasteiger partial charge < -0.3 is 4.90 Å². The number of sulfonamides is 1. The first-order valence-electron chi connectivity index (χ1n) is 8.28. The lowest BCUT2D eigenvalue weighted by Crippen LogP contribution is -2.55. The van der Waals surface area contributed by atoms with Gasteiger partial charge in [-0.25, -0.2) is 8.42 Å². The molecule has 1 N–H and O–H groups in total. The van der Waals surface area contributed by atoms with Crippen LogP contribution in [0.15, 0.2) is 29.2 Å². The van der Waals surface area contributed by atoms with Crippen LogP contribution >= 0.6 is 0 Å². The molecule has 2 aromatic rings. The van der Waals surface area contributed by atoms with Crippen molar-refractivity contribution in [2.75, 3.05) is 19.6 Å². The standard InChI is InChI=1S/C17H20N4O3S/c1-11-17(12(2)19-18-11)25(23,24)20-9-15-14-6-4-3-5-13(14)7-8-21(15)16(22)10-20/h3-6,15H,7-10H2,1-2H3,(H,18,19). The number of aromatic nitrogens is 2. The Morgan fingerprint density at radius 2 is 2.00 bits per heavy atom. The number of carbonyl (C=O) groups is 1. The number of rotatable bonds is 2. The van der Waals surface area contributed by atoms with E-state index in [9.17, 15) is 13.2 Å². The molecule has 0 bridgehead atoms.